The molecule has 17 heavy (non-hydrogen) atoms. The lowest BCUT2D eigenvalue weighted by molar-refractivity contribution is 0.225. The van der Waals surface area contributed by atoms with Crippen molar-refractivity contribution in [2.75, 3.05) is 11.9 Å². The number of ether oxygens (including phenoxy) is 1. The van der Waals surface area contributed by atoms with Crippen LogP contribution < -0.4 is 10.1 Å². The summed E-state index contributed by atoms with van der Waals surface area (Å²) in [4.78, 5) is 4.62. The Morgan fingerprint density at radius 1 is 1.41 bits per heavy atom. The number of aryl methyl sites for hydroxylation is 1. The van der Waals surface area contributed by atoms with Crippen molar-refractivity contribution < 1.29 is 4.74 Å². The van der Waals surface area contributed by atoms with Gasteiger partial charge in [0.05, 0.1) is 12.1 Å². The minimum atomic E-state index is 0.205. The molecule has 0 fully saturated rings. The van der Waals surface area contributed by atoms with E-state index in [0.29, 0.717) is 0 Å². The van der Waals surface area contributed by atoms with Crippen LogP contribution in [0.1, 0.15) is 19.4 Å². The molecule has 0 aliphatic carbocycles. The van der Waals surface area contributed by atoms with E-state index in [2.05, 4.69) is 48.4 Å². The molecule has 0 bridgehead atoms. The van der Waals surface area contributed by atoms with Gasteiger partial charge in [-0.2, -0.15) is 0 Å². The summed E-state index contributed by atoms with van der Waals surface area (Å²) in [6.07, 6.45) is 1.24. The molecule has 0 spiro atoms. The molecule has 2 heterocycles. The highest BCUT2D eigenvalue weighted by atomic mass is 16.5. The van der Waals surface area contributed by atoms with Gasteiger partial charge in [0.15, 0.2) is 11.6 Å². The Morgan fingerprint density at radius 2 is 2.29 bits per heavy atom. The molecule has 1 aromatic heterocycles. The Hall–Kier alpha value is -1.77. The minimum Gasteiger partial charge on any atom is -0.485 e. The van der Waals surface area contributed by atoms with Crippen LogP contribution in [0.5, 0.6) is 5.75 Å². The number of hydrogen-bond acceptors (Lipinski definition) is 3. The third kappa shape index (κ3) is 1.82. The van der Waals surface area contributed by atoms with Gasteiger partial charge >= 0.3 is 0 Å². The minimum absolute atomic E-state index is 0.205. The molecule has 1 aliphatic heterocycles. The van der Waals surface area contributed by atoms with Crippen molar-refractivity contribution in [2.45, 2.75) is 26.4 Å². The van der Waals surface area contributed by atoms with E-state index < -0.39 is 0 Å². The summed E-state index contributed by atoms with van der Waals surface area (Å²) in [7, 11) is 0. The van der Waals surface area contributed by atoms with Crippen molar-refractivity contribution >= 4 is 16.7 Å². The summed E-state index contributed by atoms with van der Waals surface area (Å²) in [5.41, 5.74) is 2.35. The molecule has 0 amide bonds. The first-order chi connectivity index (χ1) is 8.26. The lowest BCUT2D eigenvalue weighted by atomic mass is 10.1. The number of benzene rings is 1. The van der Waals surface area contributed by atoms with Gasteiger partial charge in [-0.25, -0.2) is 4.98 Å². The molecule has 3 nitrogen and oxygen atoms in total. The predicted molar refractivity (Wildman–Crippen MR) is 69.7 cm³/mol. The predicted octanol–water partition coefficient (Wildman–Crippen LogP) is 2.99. The van der Waals surface area contributed by atoms with Crippen LogP contribution in [-0.4, -0.2) is 17.6 Å². The normalized spacial score (nSPS) is 18.4. The highest BCUT2D eigenvalue weighted by molar-refractivity contribution is 5.83. The summed E-state index contributed by atoms with van der Waals surface area (Å²) < 4.78 is 5.77. The molecule has 2 aromatic rings. The van der Waals surface area contributed by atoms with Crippen LogP contribution in [0.2, 0.25) is 0 Å². The average molecular weight is 228 g/mol. The molecule has 1 atom stereocenters. The first-order valence-electron chi connectivity index (χ1n) is 6.10. The van der Waals surface area contributed by atoms with Crippen molar-refractivity contribution in [3.8, 4) is 5.75 Å². The lowest BCUT2D eigenvalue weighted by Crippen LogP contribution is -2.28. The highest BCUT2D eigenvalue weighted by Gasteiger charge is 2.17. The number of rotatable bonds is 1. The number of hydrogen-bond donors (Lipinski definition) is 1. The summed E-state index contributed by atoms with van der Waals surface area (Å²) in [6, 6.07) is 8.48. The zero-order valence-corrected chi connectivity index (χ0v) is 10.2. The topological polar surface area (TPSA) is 34.2 Å². The van der Waals surface area contributed by atoms with Crippen LogP contribution in [-0.2, 0) is 6.42 Å². The van der Waals surface area contributed by atoms with Gasteiger partial charge in [-0.1, -0.05) is 19.1 Å². The molecule has 0 saturated heterocycles. The molecule has 3 rings (SSSR count). The third-order valence-corrected chi connectivity index (χ3v) is 3.14. The fourth-order valence-electron chi connectivity index (χ4n) is 2.13. The van der Waals surface area contributed by atoms with Crippen LogP contribution >= 0.6 is 0 Å². The van der Waals surface area contributed by atoms with E-state index in [4.69, 9.17) is 4.74 Å². The Morgan fingerprint density at radius 3 is 3.12 bits per heavy atom. The smallest absolute Gasteiger partial charge is 0.169 e. The van der Waals surface area contributed by atoms with Gasteiger partial charge in [0.2, 0.25) is 0 Å². The zero-order valence-electron chi connectivity index (χ0n) is 10.2. The second-order valence-corrected chi connectivity index (χ2v) is 4.53. The van der Waals surface area contributed by atoms with Crippen molar-refractivity contribution in [1.29, 1.82) is 0 Å². The van der Waals surface area contributed by atoms with Crippen LogP contribution in [0.3, 0.4) is 0 Å². The van der Waals surface area contributed by atoms with E-state index in [9.17, 15) is 0 Å². The quantitative estimate of drug-likeness (QED) is 0.814. The number of nitrogens with one attached hydrogen (secondary N) is 1. The van der Waals surface area contributed by atoms with Crippen molar-refractivity contribution in [3.63, 3.8) is 0 Å². The van der Waals surface area contributed by atoms with E-state index in [1.165, 1.54) is 5.56 Å². The summed E-state index contributed by atoms with van der Waals surface area (Å²) >= 11 is 0. The van der Waals surface area contributed by atoms with Gasteiger partial charge in [0.1, 0.15) is 6.10 Å². The van der Waals surface area contributed by atoms with E-state index in [1.807, 2.05) is 0 Å². The van der Waals surface area contributed by atoms with Crippen molar-refractivity contribution in [3.05, 3.63) is 29.8 Å². The maximum absolute atomic E-state index is 5.77. The van der Waals surface area contributed by atoms with Crippen LogP contribution in [0.25, 0.3) is 10.9 Å². The highest BCUT2D eigenvalue weighted by Crippen LogP contribution is 2.31. The second-order valence-electron chi connectivity index (χ2n) is 4.53. The maximum Gasteiger partial charge on any atom is 0.169 e. The van der Waals surface area contributed by atoms with Gasteiger partial charge in [-0.05, 0) is 31.0 Å². The molecule has 1 aromatic carbocycles. The summed E-state index contributed by atoms with van der Waals surface area (Å²) in [5, 5.41) is 4.44. The number of aromatic nitrogens is 1. The summed E-state index contributed by atoms with van der Waals surface area (Å²) in [5.74, 6) is 1.73. The van der Waals surface area contributed by atoms with Crippen molar-refractivity contribution in [1.82, 2.24) is 4.98 Å². The zero-order chi connectivity index (χ0) is 11.8. The molecular weight excluding hydrogens is 212 g/mol. The Bertz CT molecular complexity index is 565. The number of anilines is 1. The van der Waals surface area contributed by atoms with Gasteiger partial charge < -0.3 is 10.1 Å². The average Bonchev–Trinajstić information content (AvgIpc) is 2.35. The standard InChI is InChI=1S/C14H16N2O/c1-3-10-4-5-11-7-13-14(16-12(11)6-10)15-8-9(2)17-13/h4-7,9H,3,8H2,1-2H3,(H,15,16)/t9-/m0/s1. The Labute approximate surface area is 101 Å². The van der Waals surface area contributed by atoms with E-state index in [1.54, 1.807) is 0 Å². The molecule has 1 aliphatic rings. The second kappa shape index (κ2) is 3.91. The van der Waals surface area contributed by atoms with Crippen LogP contribution in [0, 0.1) is 0 Å². The summed E-state index contributed by atoms with van der Waals surface area (Å²) in [6.45, 7) is 5.03. The molecule has 0 radical (unpaired) electrons. The van der Waals surface area contributed by atoms with Gasteiger partial charge in [-0.15, -0.1) is 0 Å². The van der Waals surface area contributed by atoms with Gasteiger partial charge in [0, 0.05) is 5.39 Å². The Kier molecular flexibility index (Phi) is 2.39. The number of nitrogens with zero attached hydrogens (tertiary/aromatic N) is 1. The molecule has 0 saturated carbocycles. The number of pyridine rings is 1. The monoisotopic (exact) mass is 228 g/mol. The van der Waals surface area contributed by atoms with Gasteiger partial charge in [-0.3, -0.25) is 0 Å². The molecule has 3 heteroatoms. The maximum atomic E-state index is 5.77. The van der Waals surface area contributed by atoms with E-state index >= 15 is 0 Å². The van der Waals surface area contributed by atoms with Crippen LogP contribution in [0.4, 0.5) is 5.82 Å². The SMILES string of the molecule is CCc1ccc2cc3c(nc2c1)NC[C@H](C)O3. The Balaban J connectivity index is 2.14. The fourth-order valence-corrected chi connectivity index (χ4v) is 2.13. The first-order valence-corrected chi connectivity index (χ1v) is 6.10. The molecule has 1 N–H and O–H groups in total. The van der Waals surface area contributed by atoms with Crippen LogP contribution in [0.15, 0.2) is 24.3 Å². The third-order valence-electron chi connectivity index (χ3n) is 3.14. The lowest BCUT2D eigenvalue weighted by Gasteiger charge is -2.24. The largest absolute Gasteiger partial charge is 0.485 e. The van der Waals surface area contributed by atoms with E-state index in [0.717, 1.165) is 35.4 Å². The number of fused-ring (bicyclic) bond motifs is 2. The first kappa shape index (κ1) is 10.4. The molecule has 0 unspecified atom stereocenters. The van der Waals surface area contributed by atoms with E-state index in [-0.39, 0.29) is 6.10 Å². The fraction of sp³-hybridized carbons (Fsp3) is 0.357. The molecular formula is C14H16N2O. The molecule has 88 valence electrons. The van der Waals surface area contributed by atoms with Crippen molar-refractivity contribution in [2.24, 2.45) is 0 Å². The van der Waals surface area contributed by atoms with Gasteiger partial charge in [0.25, 0.3) is 0 Å².